The van der Waals surface area contributed by atoms with E-state index in [4.69, 9.17) is 0 Å². The summed E-state index contributed by atoms with van der Waals surface area (Å²) < 4.78 is 4.54. The molecule has 0 aliphatic rings. The average molecular weight is 213 g/mol. The van der Waals surface area contributed by atoms with Gasteiger partial charge in [-0.25, -0.2) is 0 Å². The van der Waals surface area contributed by atoms with Gasteiger partial charge in [-0.05, 0) is 35.7 Å². The molecule has 0 aromatic carbocycles. The van der Waals surface area contributed by atoms with Crippen molar-refractivity contribution in [3.8, 4) is 0 Å². The van der Waals surface area contributed by atoms with Gasteiger partial charge in [-0.15, -0.1) is 0 Å². The number of rotatable bonds is 5. The third-order valence-electron chi connectivity index (χ3n) is 1.94. The Bertz CT molecular complexity index is 272. The summed E-state index contributed by atoms with van der Waals surface area (Å²) in [6, 6.07) is 2.39. The summed E-state index contributed by atoms with van der Waals surface area (Å²) in [5, 5.41) is 7.28. The molecular formula is C10H15NO2S. The lowest BCUT2D eigenvalue weighted by Crippen LogP contribution is -2.33. The van der Waals surface area contributed by atoms with Gasteiger partial charge < -0.3 is 10.1 Å². The molecule has 14 heavy (non-hydrogen) atoms. The maximum atomic E-state index is 10.8. The summed E-state index contributed by atoms with van der Waals surface area (Å²) in [6.07, 6.45) is 0.945. The Hall–Kier alpha value is -0.870. The Morgan fingerprint density at radius 2 is 2.50 bits per heavy atom. The van der Waals surface area contributed by atoms with Gasteiger partial charge in [0.15, 0.2) is 0 Å². The largest absolute Gasteiger partial charge is 0.468 e. The van der Waals surface area contributed by atoms with Crippen LogP contribution in [-0.2, 0) is 16.0 Å². The molecule has 0 fully saturated rings. The van der Waals surface area contributed by atoms with Gasteiger partial charge >= 0.3 is 5.97 Å². The van der Waals surface area contributed by atoms with Crippen molar-refractivity contribution < 1.29 is 9.53 Å². The molecule has 1 aromatic rings. The van der Waals surface area contributed by atoms with Gasteiger partial charge in [0.25, 0.3) is 0 Å². The van der Waals surface area contributed by atoms with Crippen LogP contribution < -0.4 is 5.32 Å². The average Bonchev–Trinajstić information content (AvgIpc) is 2.66. The molecule has 1 N–H and O–H groups in total. The van der Waals surface area contributed by atoms with Crippen molar-refractivity contribution in [2.75, 3.05) is 13.7 Å². The highest BCUT2D eigenvalue weighted by molar-refractivity contribution is 7.07. The number of ether oxygens (including phenoxy) is 1. The van der Waals surface area contributed by atoms with Gasteiger partial charge in [-0.3, -0.25) is 4.79 Å². The van der Waals surface area contributed by atoms with Crippen LogP contribution in [0.15, 0.2) is 16.8 Å². The van der Waals surface area contributed by atoms with Crippen molar-refractivity contribution in [3.63, 3.8) is 0 Å². The lowest BCUT2D eigenvalue weighted by atomic mass is 10.1. The highest BCUT2D eigenvalue weighted by Crippen LogP contribution is 2.08. The van der Waals surface area contributed by atoms with Gasteiger partial charge in [0.05, 0.1) is 13.7 Å². The zero-order valence-corrected chi connectivity index (χ0v) is 9.26. The first-order valence-corrected chi connectivity index (χ1v) is 5.48. The molecule has 3 nitrogen and oxygen atoms in total. The SMILES string of the molecule is COC(=O)CNC(C)Cc1ccsc1. The number of nitrogens with one attached hydrogen (secondary N) is 1. The monoisotopic (exact) mass is 213 g/mol. The molecule has 0 spiro atoms. The molecule has 1 atom stereocenters. The highest BCUT2D eigenvalue weighted by Gasteiger charge is 2.06. The predicted molar refractivity (Wildman–Crippen MR) is 57.5 cm³/mol. The maximum Gasteiger partial charge on any atom is 0.319 e. The van der Waals surface area contributed by atoms with Gasteiger partial charge in [-0.1, -0.05) is 0 Å². The van der Waals surface area contributed by atoms with Crippen LogP contribution in [0, 0.1) is 0 Å². The molecule has 0 radical (unpaired) electrons. The van der Waals surface area contributed by atoms with E-state index in [0.717, 1.165) is 6.42 Å². The second-order valence-electron chi connectivity index (χ2n) is 3.19. The van der Waals surface area contributed by atoms with E-state index in [1.165, 1.54) is 12.7 Å². The van der Waals surface area contributed by atoms with Crippen molar-refractivity contribution >= 4 is 17.3 Å². The van der Waals surface area contributed by atoms with Crippen molar-refractivity contribution in [2.45, 2.75) is 19.4 Å². The fraction of sp³-hybridized carbons (Fsp3) is 0.500. The molecule has 0 saturated heterocycles. The Balaban J connectivity index is 2.22. The quantitative estimate of drug-likeness (QED) is 0.752. The lowest BCUT2D eigenvalue weighted by Gasteiger charge is -2.11. The molecular weight excluding hydrogens is 198 g/mol. The highest BCUT2D eigenvalue weighted by atomic mass is 32.1. The summed E-state index contributed by atoms with van der Waals surface area (Å²) in [7, 11) is 1.40. The number of carbonyl (C=O) groups excluding carboxylic acids is 1. The van der Waals surface area contributed by atoms with Crippen LogP contribution in [-0.4, -0.2) is 25.7 Å². The molecule has 0 saturated carbocycles. The zero-order chi connectivity index (χ0) is 10.4. The van der Waals surface area contributed by atoms with E-state index in [9.17, 15) is 4.79 Å². The van der Waals surface area contributed by atoms with Crippen molar-refractivity contribution in [1.82, 2.24) is 5.32 Å². The van der Waals surface area contributed by atoms with Crippen LogP contribution in [0.4, 0.5) is 0 Å². The normalized spacial score (nSPS) is 12.4. The van der Waals surface area contributed by atoms with Gasteiger partial charge in [0.2, 0.25) is 0 Å². The molecule has 0 aliphatic carbocycles. The summed E-state index contributed by atoms with van der Waals surface area (Å²) in [4.78, 5) is 10.8. The Kier molecular flexibility index (Phi) is 4.62. The van der Waals surface area contributed by atoms with Crippen molar-refractivity contribution in [3.05, 3.63) is 22.4 Å². The van der Waals surface area contributed by atoms with E-state index in [0.29, 0.717) is 6.04 Å². The predicted octanol–water partition coefficient (Wildman–Crippen LogP) is 1.44. The Labute approximate surface area is 88.1 Å². The van der Waals surface area contributed by atoms with Gasteiger partial charge in [0, 0.05) is 6.04 Å². The lowest BCUT2D eigenvalue weighted by molar-refractivity contribution is -0.139. The number of hydrogen-bond acceptors (Lipinski definition) is 4. The van der Waals surface area contributed by atoms with E-state index in [-0.39, 0.29) is 12.5 Å². The van der Waals surface area contributed by atoms with Crippen LogP contribution in [0.25, 0.3) is 0 Å². The first-order chi connectivity index (χ1) is 6.72. The molecule has 0 bridgehead atoms. The molecule has 0 amide bonds. The molecule has 1 heterocycles. The number of carbonyl (C=O) groups is 1. The first-order valence-electron chi connectivity index (χ1n) is 4.53. The molecule has 4 heteroatoms. The summed E-state index contributed by atoms with van der Waals surface area (Å²) in [5.41, 5.74) is 1.31. The van der Waals surface area contributed by atoms with Crippen molar-refractivity contribution in [1.29, 1.82) is 0 Å². The Morgan fingerprint density at radius 1 is 1.71 bits per heavy atom. The van der Waals surface area contributed by atoms with Crippen LogP contribution >= 0.6 is 11.3 Å². The fourth-order valence-corrected chi connectivity index (χ4v) is 1.85. The van der Waals surface area contributed by atoms with E-state index < -0.39 is 0 Å². The minimum atomic E-state index is -0.220. The van der Waals surface area contributed by atoms with Gasteiger partial charge in [0.1, 0.15) is 0 Å². The van der Waals surface area contributed by atoms with Crippen LogP contribution in [0.1, 0.15) is 12.5 Å². The standard InChI is InChI=1S/C10H15NO2S/c1-8(11-6-10(12)13-2)5-9-3-4-14-7-9/h3-4,7-8,11H,5-6H2,1-2H3. The topological polar surface area (TPSA) is 38.3 Å². The van der Waals surface area contributed by atoms with Crippen LogP contribution in [0.5, 0.6) is 0 Å². The minimum absolute atomic E-state index is 0.220. The van der Waals surface area contributed by atoms with E-state index in [1.807, 2.05) is 0 Å². The third-order valence-corrected chi connectivity index (χ3v) is 2.68. The van der Waals surface area contributed by atoms with E-state index >= 15 is 0 Å². The molecule has 78 valence electrons. The fourth-order valence-electron chi connectivity index (χ4n) is 1.16. The summed E-state index contributed by atoms with van der Waals surface area (Å²) >= 11 is 1.69. The molecule has 1 aromatic heterocycles. The minimum Gasteiger partial charge on any atom is -0.468 e. The molecule has 1 rings (SSSR count). The van der Waals surface area contributed by atoms with Crippen LogP contribution in [0.3, 0.4) is 0 Å². The number of esters is 1. The smallest absolute Gasteiger partial charge is 0.319 e. The third kappa shape index (κ3) is 3.89. The molecule has 0 aliphatic heterocycles. The zero-order valence-electron chi connectivity index (χ0n) is 8.45. The summed E-state index contributed by atoms with van der Waals surface area (Å²) in [5.74, 6) is -0.220. The maximum absolute atomic E-state index is 10.8. The van der Waals surface area contributed by atoms with Gasteiger partial charge in [-0.2, -0.15) is 11.3 Å². The van der Waals surface area contributed by atoms with Crippen molar-refractivity contribution in [2.24, 2.45) is 0 Å². The van der Waals surface area contributed by atoms with E-state index in [2.05, 4.69) is 33.8 Å². The second-order valence-corrected chi connectivity index (χ2v) is 3.97. The summed E-state index contributed by atoms with van der Waals surface area (Å²) in [6.45, 7) is 2.34. The van der Waals surface area contributed by atoms with E-state index in [1.54, 1.807) is 11.3 Å². The van der Waals surface area contributed by atoms with Crippen LogP contribution in [0.2, 0.25) is 0 Å². The first kappa shape index (κ1) is 11.2. The second kappa shape index (κ2) is 5.78. The number of hydrogen-bond donors (Lipinski definition) is 1. The number of thiophene rings is 1. The Morgan fingerprint density at radius 3 is 3.07 bits per heavy atom. The number of methoxy groups -OCH3 is 1. The molecule has 1 unspecified atom stereocenters.